The topological polar surface area (TPSA) is 3.24 Å². The molecular formula is C17H19NS. The summed E-state index contributed by atoms with van der Waals surface area (Å²) < 4.78 is 0. The van der Waals surface area contributed by atoms with Gasteiger partial charge in [-0.25, -0.2) is 0 Å². The average Bonchev–Trinajstić information content (AvgIpc) is 3.02. The number of fused-ring (bicyclic) bond motifs is 5. The number of thiophene rings is 1. The fraction of sp³-hybridized carbons (Fsp3) is 0.412. The van der Waals surface area contributed by atoms with E-state index in [0.717, 1.165) is 0 Å². The molecule has 2 bridgehead atoms. The summed E-state index contributed by atoms with van der Waals surface area (Å²) in [6, 6.07) is 9.98. The maximum Gasteiger partial charge on any atom is 0.0566 e. The molecule has 19 heavy (non-hydrogen) atoms. The molecule has 2 unspecified atom stereocenters. The van der Waals surface area contributed by atoms with Gasteiger partial charge >= 0.3 is 0 Å². The Labute approximate surface area is 118 Å². The fourth-order valence-electron chi connectivity index (χ4n) is 4.10. The number of anilines is 1. The Morgan fingerprint density at radius 2 is 2.05 bits per heavy atom. The summed E-state index contributed by atoms with van der Waals surface area (Å²) in [7, 11) is 0. The lowest BCUT2D eigenvalue weighted by atomic mass is 9.80. The molecule has 0 saturated carbocycles. The standard InChI is InChI=1S/C17H19NS/c1-11-6-4-5-7-15(11)18-12(2)17(3)8-16(18)13-9-19-10-14(13)17/h4-7,9-10,12,16H,8H2,1-3H3/t12-,16?,17?/m0/s1. The van der Waals surface area contributed by atoms with Crippen molar-refractivity contribution in [2.75, 3.05) is 4.90 Å². The van der Waals surface area contributed by atoms with Crippen molar-refractivity contribution in [2.24, 2.45) is 0 Å². The molecule has 1 fully saturated rings. The highest BCUT2D eigenvalue weighted by molar-refractivity contribution is 7.08. The van der Waals surface area contributed by atoms with Gasteiger partial charge in [0.1, 0.15) is 0 Å². The predicted octanol–water partition coefficient (Wildman–Crippen LogP) is 4.67. The van der Waals surface area contributed by atoms with Gasteiger partial charge in [0, 0.05) is 17.1 Å². The minimum atomic E-state index is 0.336. The van der Waals surface area contributed by atoms with Crippen molar-refractivity contribution >= 4 is 17.0 Å². The van der Waals surface area contributed by atoms with Gasteiger partial charge in [-0.3, -0.25) is 0 Å². The Hall–Kier alpha value is -1.28. The smallest absolute Gasteiger partial charge is 0.0566 e. The van der Waals surface area contributed by atoms with Crippen LogP contribution in [0.3, 0.4) is 0 Å². The zero-order chi connectivity index (χ0) is 13.2. The molecule has 0 spiro atoms. The lowest BCUT2D eigenvalue weighted by Crippen LogP contribution is -2.42. The molecule has 3 atom stereocenters. The summed E-state index contributed by atoms with van der Waals surface area (Å²) >= 11 is 1.86. The molecule has 1 saturated heterocycles. The second-order valence-corrected chi connectivity index (χ2v) is 6.99. The lowest BCUT2D eigenvalue weighted by molar-refractivity contribution is 0.451. The number of rotatable bonds is 1. The molecule has 2 heterocycles. The van der Waals surface area contributed by atoms with Gasteiger partial charge in [0.05, 0.1) is 6.04 Å². The Morgan fingerprint density at radius 3 is 2.84 bits per heavy atom. The summed E-state index contributed by atoms with van der Waals surface area (Å²) in [4.78, 5) is 2.66. The van der Waals surface area contributed by atoms with Crippen molar-refractivity contribution in [3.8, 4) is 0 Å². The van der Waals surface area contributed by atoms with Gasteiger partial charge in [0.25, 0.3) is 0 Å². The number of nitrogens with zero attached hydrogens (tertiary/aromatic N) is 1. The van der Waals surface area contributed by atoms with E-state index in [1.54, 1.807) is 11.1 Å². The third-order valence-corrected chi connectivity index (χ3v) is 6.11. The van der Waals surface area contributed by atoms with Crippen LogP contribution in [0.5, 0.6) is 0 Å². The largest absolute Gasteiger partial charge is 0.361 e. The highest BCUT2D eigenvalue weighted by Gasteiger charge is 2.55. The number of hydrogen-bond donors (Lipinski definition) is 0. The van der Waals surface area contributed by atoms with E-state index < -0.39 is 0 Å². The Kier molecular flexibility index (Phi) is 2.21. The molecule has 1 aromatic carbocycles. The van der Waals surface area contributed by atoms with Gasteiger partial charge in [0.2, 0.25) is 0 Å². The zero-order valence-electron chi connectivity index (χ0n) is 11.7. The fourth-order valence-corrected chi connectivity index (χ4v) is 5.14. The molecule has 4 rings (SSSR count). The molecule has 2 heteroatoms. The summed E-state index contributed by atoms with van der Waals surface area (Å²) in [5, 5.41) is 4.74. The molecule has 0 N–H and O–H groups in total. The van der Waals surface area contributed by atoms with Gasteiger partial charge in [-0.05, 0) is 53.8 Å². The molecular weight excluding hydrogens is 250 g/mol. The minimum absolute atomic E-state index is 0.336. The predicted molar refractivity (Wildman–Crippen MR) is 82.1 cm³/mol. The average molecular weight is 269 g/mol. The first-order valence-corrected chi connectivity index (χ1v) is 7.98. The lowest BCUT2D eigenvalue weighted by Gasteiger charge is -2.40. The molecule has 1 aliphatic carbocycles. The quantitative estimate of drug-likeness (QED) is 0.727. The van der Waals surface area contributed by atoms with Crippen LogP contribution in [0.4, 0.5) is 5.69 Å². The number of para-hydroxylation sites is 1. The molecule has 98 valence electrons. The van der Waals surface area contributed by atoms with Crippen LogP contribution in [0.1, 0.15) is 43.0 Å². The van der Waals surface area contributed by atoms with Crippen LogP contribution in [0.15, 0.2) is 35.0 Å². The summed E-state index contributed by atoms with van der Waals surface area (Å²) in [6.45, 7) is 7.07. The van der Waals surface area contributed by atoms with Gasteiger partial charge in [0.15, 0.2) is 0 Å². The summed E-state index contributed by atoms with van der Waals surface area (Å²) in [6.07, 6.45) is 1.28. The van der Waals surface area contributed by atoms with Gasteiger partial charge in [-0.2, -0.15) is 11.3 Å². The van der Waals surface area contributed by atoms with E-state index in [-0.39, 0.29) is 0 Å². The SMILES string of the molecule is Cc1ccccc1N1C2CC(C)(c3cscc32)[C@@H]1C. The molecule has 2 aromatic rings. The highest BCUT2D eigenvalue weighted by atomic mass is 32.1. The molecule has 0 amide bonds. The monoisotopic (exact) mass is 269 g/mol. The molecule has 1 aromatic heterocycles. The summed E-state index contributed by atoms with van der Waals surface area (Å²) in [5.74, 6) is 0. The van der Waals surface area contributed by atoms with Crippen LogP contribution >= 0.6 is 11.3 Å². The van der Waals surface area contributed by atoms with E-state index >= 15 is 0 Å². The van der Waals surface area contributed by atoms with Crippen molar-refractivity contribution in [3.63, 3.8) is 0 Å². The van der Waals surface area contributed by atoms with Crippen molar-refractivity contribution in [1.82, 2.24) is 0 Å². The highest BCUT2D eigenvalue weighted by Crippen LogP contribution is 2.59. The van der Waals surface area contributed by atoms with E-state index in [0.29, 0.717) is 17.5 Å². The van der Waals surface area contributed by atoms with Gasteiger partial charge in [-0.1, -0.05) is 25.1 Å². The van der Waals surface area contributed by atoms with E-state index in [1.165, 1.54) is 17.7 Å². The van der Waals surface area contributed by atoms with E-state index in [4.69, 9.17) is 0 Å². The second-order valence-electron chi connectivity index (χ2n) is 6.25. The molecule has 1 nitrogen and oxygen atoms in total. The third-order valence-electron chi connectivity index (χ3n) is 5.35. The van der Waals surface area contributed by atoms with Crippen LogP contribution in [0.25, 0.3) is 0 Å². The first kappa shape index (κ1) is 11.5. The van der Waals surface area contributed by atoms with Gasteiger partial charge in [-0.15, -0.1) is 0 Å². The van der Waals surface area contributed by atoms with Crippen LogP contribution in [0, 0.1) is 6.92 Å². The minimum Gasteiger partial charge on any atom is -0.361 e. The maximum atomic E-state index is 2.66. The molecule has 1 aliphatic heterocycles. The second kappa shape index (κ2) is 3.63. The third kappa shape index (κ3) is 1.30. The number of hydrogen-bond acceptors (Lipinski definition) is 2. The van der Waals surface area contributed by atoms with Crippen LogP contribution in [0.2, 0.25) is 0 Å². The van der Waals surface area contributed by atoms with Crippen molar-refractivity contribution < 1.29 is 0 Å². The van der Waals surface area contributed by atoms with Crippen LogP contribution < -0.4 is 4.90 Å². The number of aryl methyl sites for hydroxylation is 1. The van der Waals surface area contributed by atoms with E-state index in [1.807, 2.05) is 11.3 Å². The first-order valence-electron chi connectivity index (χ1n) is 7.03. The number of benzene rings is 1. The normalized spacial score (nSPS) is 31.8. The Balaban J connectivity index is 1.88. The van der Waals surface area contributed by atoms with Crippen molar-refractivity contribution in [2.45, 2.75) is 44.7 Å². The van der Waals surface area contributed by atoms with E-state index in [9.17, 15) is 0 Å². The maximum absolute atomic E-state index is 2.66. The summed E-state index contributed by atoms with van der Waals surface area (Å²) in [5.41, 5.74) is 6.33. The van der Waals surface area contributed by atoms with Gasteiger partial charge < -0.3 is 4.90 Å². The van der Waals surface area contributed by atoms with Crippen molar-refractivity contribution in [3.05, 3.63) is 51.7 Å². The van der Waals surface area contributed by atoms with Crippen molar-refractivity contribution in [1.29, 1.82) is 0 Å². The molecule has 2 aliphatic rings. The van der Waals surface area contributed by atoms with E-state index in [2.05, 4.69) is 60.7 Å². The Morgan fingerprint density at radius 1 is 1.26 bits per heavy atom. The van der Waals surface area contributed by atoms with Crippen LogP contribution in [-0.2, 0) is 5.41 Å². The molecule has 0 radical (unpaired) electrons. The Bertz CT molecular complexity index is 644. The first-order chi connectivity index (χ1) is 9.13. The zero-order valence-corrected chi connectivity index (χ0v) is 12.5. The van der Waals surface area contributed by atoms with Crippen LogP contribution in [-0.4, -0.2) is 6.04 Å².